The van der Waals surface area contributed by atoms with Gasteiger partial charge in [-0.1, -0.05) is 19.1 Å². The van der Waals surface area contributed by atoms with Crippen LogP contribution in [0.4, 0.5) is 0 Å². The van der Waals surface area contributed by atoms with Crippen LogP contribution >= 0.6 is 0 Å². The van der Waals surface area contributed by atoms with Crippen LogP contribution in [-0.4, -0.2) is 48.2 Å². The lowest BCUT2D eigenvalue weighted by Crippen LogP contribution is -2.42. The Morgan fingerprint density at radius 2 is 1.45 bits per heavy atom. The summed E-state index contributed by atoms with van der Waals surface area (Å²) in [5.74, 6) is -1.47. The Kier molecular flexibility index (Phi) is 4.88. The maximum Gasteiger partial charge on any atom is 0.262 e. The zero-order valence-electron chi connectivity index (χ0n) is 12.2. The molecule has 1 aromatic rings. The maximum atomic E-state index is 12.1. The van der Waals surface area contributed by atoms with Gasteiger partial charge in [-0.15, -0.1) is 0 Å². The van der Waals surface area contributed by atoms with Gasteiger partial charge in [0.2, 0.25) is 11.8 Å². The molecule has 1 heterocycles. The van der Waals surface area contributed by atoms with Crippen molar-refractivity contribution in [2.24, 2.45) is 0 Å². The van der Waals surface area contributed by atoms with E-state index in [4.69, 9.17) is 0 Å². The number of carbonyl (C=O) groups excluding carboxylic acids is 4. The molecular weight excluding hydrogens is 286 g/mol. The highest BCUT2D eigenvalue weighted by molar-refractivity contribution is 6.22. The lowest BCUT2D eigenvalue weighted by molar-refractivity contribution is -0.122. The smallest absolute Gasteiger partial charge is 0.262 e. The third-order valence-electron chi connectivity index (χ3n) is 3.27. The van der Waals surface area contributed by atoms with E-state index in [1.54, 1.807) is 31.2 Å². The Labute approximate surface area is 127 Å². The Morgan fingerprint density at radius 1 is 0.955 bits per heavy atom. The normalized spacial score (nSPS) is 13.0. The molecule has 4 amide bonds. The highest BCUT2D eigenvalue weighted by Crippen LogP contribution is 2.21. The second kappa shape index (κ2) is 6.84. The van der Waals surface area contributed by atoms with Gasteiger partial charge in [0, 0.05) is 19.5 Å². The van der Waals surface area contributed by atoms with Gasteiger partial charge < -0.3 is 10.6 Å². The number of benzene rings is 1. The molecule has 2 N–H and O–H groups in total. The average Bonchev–Trinajstić information content (AvgIpc) is 2.77. The fourth-order valence-electron chi connectivity index (χ4n) is 2.11. The van der Waals surface area contributed by atoms with E-state index < -0.39 is 17.7 Å². The van der Waals surface area contributed by atoms with Crippen LogP contribution in [-0.2, 0) is 9.59 Å². The molecule has 1 aliphatic heterocycles. The van der Waals surface area contributed by atoms with Crippen molar-refractivity contribution in [1.29, 1.82) is 0 Å². The summed E-state index contributed by atoms with van der Waals surface area (Å²) in [6, 6.07) is 6.47. The fourth-order valence-corrected chi connectivity index (χ4v) is 2.11. The van der Waals surface area contributed by atoms with Crippen LogP contribution in [0.1, 0.15) is 34.1 Å². The molecule has 0 saturated carbocycles. The molecule has 2 rings (SSSR count). The van der Waals surface area contributed by atoms with Gasteiger partial charge in [-0.2, -0.15) is 0 Å². The molecule has 0 spiro atoms. The van der Waals surface area contributed by atoms with Crippen molar-refractivity contribution < 1.29 is 19.2 Å². The predicted molar refractivity (Wildman–Crippen MR) is 78.1 cm³/mol. The Bertz CT molecular complexity index is 592. The molecule has 1 aliphatic rings. The molecule has 0 saturated heterocycles. The zero-order chi connectivity index (χ0) is 16.1. The summed E-state index contributed by atoms with van der Waals surface area (Å²) in [6.45, 7) is 1.96. The lowest BCUT2D eigenvalue weighted by atomic mass is 10.1. The summed E-state index contributed by atoms with van der Waals surface area (Å²) in [4.78, 5) is 47.9. The fraction of sp³-hybridized carbons (Fsp3) is 0.333. The molecule has 7 heteroatoms. The number of carbonyl (C=O) groups is 4. The topological polar surface area (TPSA) is 95.6 Å². The van der Waals surface area contributed by atoms with E-state index in [0.717, 1.165) is 4.90 Å². The molecular formula is C15H17N3O4. The van der Waals surface area contributed by atoms with Gasteiger partial charge in [-0.25, -0.2) is 0 Å². The summed E-state index contributed by atoms with van der Waals surface area (Å²) >= 11 is 0. The molecule has 22 heavy (non-hydrogen) atoms. The van der Waals surface area contributed by atoms with Crippen molar-refractivity contribution in [3.63, 3.8) is 0 Å². The standard InChI is InChI=1S/C15H17N3O4/c1-2-12(19)16-7-8-17-13(20)9-18-14(21)10-5-3-4-6-11(10)15(18)22/h3-6H,2,7-9H2,1H3,(H,16,19)(H,17,20). The first-order valence-electron chi connectivity index (χ1n) is 7.03. The molecule has 0 fully saturated rings. The van der Waals surface area contributed by atoms with E-state index in [0.29, 0.717) is 24.1 Å². The third kappa shape index (κ3) is 3.30. The van der Waals surface area contributed by atoms with Crippen molar-refractivity contribution in [2.45, 2.75) is 13.3 Å². The number of fused-ring (bicyclic) bond motifs is 1. The van der Waals surface area contributed by atoms with Gasteiger partial charge in [0.1, 0.15) is 6.54 Å². The second-order valence-electron chi connectivity index (χ2n) is 4.80. The molecule has 0 unspecified atom stereocenters. The van der Waals surface area contributed by atoms with Crippen molar-refractivity contribution in [1.82, 2.24) is 15.5 Å². The number of imide groups is 1. The Morgan fingerprint density at radius 3 is 1.95 bits per heavy atom. The Hall–Kier alpha value is -2.70. The van der Waals surface area contributed by atoms with E-state index in [9.17, 15) is 19.2 Å². The van der Waals surface area contributed by atoms with Gasteiger partial charge >= 0.3 is 0 Å². The van der Waals surface area contributed by atoms with Gasteiger partial charge in [-0.05, 0) is 12.1 Å². The predicted octanol–water partition coefficient (Wildman–Crippen LogP) is -0.0750. The molecule has 1 aromatic carbocycles. The van der Waals surface area contributed by atoms with Crippen LogP contribution < -0.4 is 10.6 Å². The summed E-state index contributed by atoms with van der Waals surface area (Å²) in [5.41, 5.74) is 0.631. The van der Waals surface area contributed by atoms with Crippen LogP contribution in [0.15, 0.2) is 24.3 Å². The van der Waals surface area contributed by atoms with E-state index in [1.165, 1.54) is 0 Å². The van der Waals surface area contributed by atoms with Crippen LogP contribution in [0.2, 0.25) is 0 Å². The van der Waals surface area contributed by atoms with Crippen LogP contribution in [0.5, 0.6) is 0 Å². The van der Waals surface area contributed by atoms with Gasteiger partial charge in [-0.3, -0.25) is 24.1 Å². The number of amides is 4. The van der Waals surface area contributed by atoms with Crippen LogP contribution in [0.25, 0.3) is 0 Å². The van der Waals surface area contributed by atoms with E-state index in [2.05, 4.69) is 10.6 Å². The van der Waals surface area contributed by atoms with Crippen molar-refractivity contribution >= 4 is 23.6 Å². The second-order valence-corrected chi connectivity index (χ2v) is 4.80. The minimum atomic E-state index is -0.463. The summed E-state index contributed by atoms with van der Waals surface area (Å²) in [5, 5.41) is 5.17. The summed E-state index contributed by atoms with van der Waals surface area (Å²) in [6.07, 6.45) is 0.378. The molecule has 0 aliphatic carbocycles. The number of rotatable bonds is 6. The highest BCUT2D eigenvalue weighted by atomic mass is 16.2. The van der Waals surface area contributed by atoms with E-state index in [1.807, 2.05) is 0 Å². The van der Waals surface area contributed by atoms with E-state index in [-0.39, 0.29) is 19.0 Å². The molecule has 0 radical (unpaired) electrons. The molecule has 7 nitrogen and oxygen atoms in total. The first-order chi connectivity index (χ1) is 10.5. The van der Waals surface area contributed by atoms with Gasteiger partial charge in [0.05, 0.1) is 11.1 Å². The summed E-state index contributed by atoms with van der Waals surface area (Å²) in [7, 11) is 0. The monoisotopic (exact) mass is 303 g/mol. The zero-order valence-corrected chi connectivity index (χ0v) is 12.2. The molecule has 0 aromatic heterocycles. The largest absolute Gasteiger partial charge is 0.354 e. The van der Waals surface area contributed by atoms with Crippen molar-refractivity contribution in [3.8, 4) is 0 Å². The molecule has 116 valence electrons. The van der Waals surface area contributed by atoms with E-state index >= 15 is 0 Å². The lowest BCUT2D eigenvalue weighted by Gasteiger charge is -2.13. The van der Waals surface area contributed by atoms with Crippen molar-refractivity contribution in [3.05, 3.63) is 35.4 Å². The maximum absolute atomic E-state index is 12.1. The quantitative estimate of drug-likeness (QED) is 0.568. The van der Waals surface area contributed by atoms with Crippen LogP contribution in [0.3, 0.4) is 0 Å². The van der Waals surface area contributed by atoms with Gasteiger partial charge in [0.25, 0.3) is 11.8 Å². The molecule has 0 atom stereocenters. The number of hydrogen-bond donors (Lipinski definition) is 2. The van der Waals surface area contributed by atoms with Gasteiger partial charge in [0.15, 0.2) is 0 Å². The van der Waals surface area contributed by atoms with Crippen molar-refractivity contribution in [2.75, 3.05) is 19.6 Å². The highest BCUT2D eigenvalue weighted by Gasteiger charge is 2.36. The first-order valence-corrected chi connectivity index (χ1v) is 7.03. The number of nitrogens with zero attached hydrogens (tertiary/aromatic N) is 1. The summed E-state index contributed by atoms with van der Waals surface area (Å²) < 4.78 is 0. The SMILES string of the molecule is CCC(=O)NCCNC(=O)CN1C(=O)c2ccccc2C1=O. The number of hydrogen-bond acceptors (Lipinski definition) is 4. The minimum absolute atomic E-state index is 0.102. The molecule has 0 bridgehead atoms. The first kappa shape index (κ1) is 15.7. The third-order valence-corrected chi connectivity index (χ3v) is 3.27. The minimum Gasteiger partial charge on any atom is -0.354 e. The van der Waals surface area contributed by atoms with Crippen LogP contribution in [0, 0.1) is 0 Å². The Balaban J connectivity index is 1.85. The number of nitrogens with one attached hydrogen (secondary N) is 2. The average molecular weight is 303 g/mol.